The summed E-state index contributed by atoms with van der Waals surface area (Å²) < 4.78 is 49.1. The first-order valence-corrected chi connectivity index (χ1v) is 13.5. The second-order valence-electron chi connectivity index (χ2n) is 9.18. The zero-order valence-corrected chi connectivity index (χ0v) is 19.7. The van der Waals surface area contributed by atoms with Crippen molar-refractivity contribution in [1.29, 1.82) is 0 Å². The number of ether oxygens (including phenoxy) is 3. The van der Waals surface area contributed by atoms with Gasteiger partial charge in [0.15, 0.2) is 6.10 Å². The Labute approximate surface area is 197 Å². The van der Waals surface area contributed by atoms with Crippen molar-refractivity contribution in [3.63, 3.8) is 0 Å². The standard InChI is InChI=1S/C25H26FN3O4S/c1-15-9-18(29-34(30)7-2-8-34)12-20-24(15)19(27-14-28-20)10-16-3-4-17(26)11-22(16)33-23-13-32-21-5-6-31-25(21)23/h3-4,9,11-12,14,21,23,25H,2,5-8,10,13H2,1H3/t21-,23-,25+/m1/s1. The van der Waals surface area contributed by atoms with Crippen molar-refractivity contribution in [2.24, 2.45) is 4.36 Å². The Balaban J connectivity index is 1.33. The number of hydrogen-bond donors (Lipinski definition) is 0. The molecule has 3 atom stereocenters. The van der Waals surface area contributed by atoms with Gasteiger partial charge in [0.25, 0.3) is 0 Å². The lowest BCUT2D eigenvalue weighted by atomic mass is 10.0. The fourth-order valence-electron chi connectivity index (χ4n) is 4.97. The monoisotopic (exact) mass is 483 g/mol. The Morgan fingerprint density at radius 3 is 2.91 bits per heavy atom. The topological polar surface area (TPSA) is 82.9 Å². The molecule has 2 aromatic carbocycles. The Kier molecular flexibility index (Phi) is 5.50. The molecule has 3 fully saturated rings. The molecule has 0 bridgehead atoms. The van der Waals surface area contributed by atoms with Crippen molar-refractivity contribution < 1.29 is 22.8 Å². The van der Waals surface area contributed by atoms with E-state index < -0.39 is 9.73 Å². The lowest BCUT2D eigenvalue weighted by Crippen LogP contribution is -2.32. The van der Waals surface area contributed by atoms with Crippen molar-refractivity contribution >= 4 is 26.3 Å². The summed E-state index contributed by atoms with van der Waals surface area (Å²) in [5.74, 6) is 1.43. The Bertz CT molecular complexity index is 1380. The van der Waals surface area contributed by atoms with Crippen LogP contribution in [0.3, 0.4) is 0 Å². The van der Waals surface area contributed by atoms with Gasteiger partial charge < -0.3 is 14.2 Å². The highest BCUT2D eigenvalue weighted by molar-refractivity contribution is 7.95. The highest BCUT2D eigenvalue weighted by Gasteiger charge is 2.43. The average Bonchev–Trinajstić information content (AvgIpc) is 3.39. The molecular formula is C25H26FN3O4S. The highest BCUT2D eigenvalue weighted by Crippen LogP contribution is 2.34. The zero-order chi connectivity index (χ0) is 23.3. The molecule has 0 saturated carbocycles. The number of fused-ring (bicyclic) bond motifs is 2. The summed E-state index contributed by atoms with van der Waals surface area (Å²) in [7, 11) is -2.10. The van der Waals surface area contributed by atoms with Crippen LogP contribution < -0.4 is 4.74 Å². The van der Waals surface area contributed by atoms with Gasteiger partial charge in [-0.05, 0) is 43.5 Å². The first-order valence-electron chi connectivity index (χ1n) is 11.6. The van der Waals surface area contributed by atoms with E-state index in [0.29, 0.717) is 42.6 Å². The smallest absolute Gasteiger partial charge is 0.150 e. The molecule has 6 rings (SSSR count). The number of nitrogens with zero attached hydrogens (tertiary/aromatic N) is 3. The second-order valence-corrected chi connectivity index (χ2v) is 11.7. The minimum atomic E-state index is -2.10. The van der Waals surface area contributed by atoms with Gasteiger partial charge in [0.1, 0.15) is 24.0 Å². The average molecular weight is 484 g/mol. The van der Waals surface area contributed by atoms with E-state index in [0.717, 1.165) is 40.6 Å². The molecular weight excluding hydrogens is 457 g/mol. The van der Waals surface area contributed by atoms with Gasteiger partial charge in [0, 0.05) is 41.5 Å². The number of aryl methyl sites for hydroxylation is 1. The Morgan fingerprint density at radius 1 is 1.21 bits per heavy atom. The molecule has 4 heterocycles. The number of rotatable bonds is 5. The van der Waals surface area contributed by atoms with Gasteiger partial charge in [0.2, 0.25) is 0 Å². The molecule has 0 radical (unpaired) electrons. The van der Waals surface area contributed by atoms with Crippen LogP contribution in [0.15, 0.2) is 41.0 Å². The fourth-order valence-corrected chi connectivity index (χ4v) is 6.43. The molecule has 0 unspecified atom stereocenters. The first kappa shape index (κ1) is 21.9. The minimum absolute atomic E-state index is 0.0464. The van der Waals surface area contributed by atoms with Gasteiger partial charge in [-0.3, -0.25) is 0 Å². The first-order chi connectivity index (χ1) is 16.5. The summed E-state index contributed by atoms with van der Waals surface area (Å²) >= 11 is 0. The van der Waals surface area contributed by atoms with Gasteiger partial charge >= 0.3 is 0 Å². The van der Waals surface area contributed by atoms with Crippen LogP contribution in [0.25, 0.3) is 10.9 Å². The van der Waals surface area contributed by atoms with Crippen molar-refractivity contribution in [2.45, 2.75) is 44.5 Å². The van der Waals surface area contributed by atoms with Crippen LogP contribution in [0.1, 0.15) is 29.7 Å². The molecule has 7 nitrogen and oxygen atoms in total. The normalized spacial score (nSPS) is 25.2. The van der Waals surface area contributed by atoms with Gasteiger partial charge in [-0.2, -0.15) is 4.36 Å². The lowest BCUT2D eigenvalue weighted by molar-refractivity contribution is 0.0304. The second kappa shape index (κ2) is 8.55. The van der Waals surface area contributed by atoms with Crippen LogP contribution in [0.2, 0.25) is 0 Å². The van der Waals surface area contributed by atoms with Crippen molar-refractivity contribution in [3.05, 3.63) is 59.3 Å². The SMILES string of the molecule is Cc1cc(N=S2(=O)CCC2)cc2ncnc(Cc3ccc(F)cc3O[C@@H]3CO[C@@H]4CCO[C@@H]43)c12. The molecule has 0 amide bonds. The van der Waals surface area contributed by atoms with Crippen LogP contribution in [0.4, 0.5) is 10.1 Å². The summed E-state index contributed by atoms with van der Waals surface area (Å²) in [4.78, 5) is 8.99. The summed E-state index contributed by atoms with van der Waals surface area (Å²) in [5, 5.41) is 0.920. The maximum Gasteiger partial charge on any atom is 0.150 e. The third kappa shape index (κ3) is 4.06. The maximum atomic E-state index is 14.2. The molecule has 0 N–H and O–H groups in total. The van der Waals surface area contributed by atoms with Crippen LogP contribution >= 0.6 is 0 Å². The third-order valence-corrected chi connectivity index (χ3v) is 9.18. The Morgan fingerprint density at radius 2 is 2.09 bits per heavy atom. The molecule has 0 aliphatic carbocycles. The molecule has 34 heavy (non-hydrogen) atoms. The number of halogens is 1. The van der Waals surface area contributed by atoms with Crippen LogP contribution in [-0.4, -0.2) is 57.2 Å². The highest BCUT2D eigenvalue weighted by atomic mass is 32.2. The number of benzene rings is 2. The van der Waals surface area contributed by atoms with E-state index in [-0.39, 0.29) is 24.1 Å². The predicted octanol–water partition coefficient (Wildman–Crippen LogP) is 4.11. The van der Waals surface area contributed by atoms with Gasteiger partial charge in [-0.15, -0.1) is 0 Å². The van der Waals surface area contributed by atoms with Crippen molar-refractivity contribution in [1.82, 2.24) is 9.97 Å². The summed E-state index contributed by atoms with van der Waals surface area (Å²) in [6, 6.07) is 8.40. The Hall–Kier alpha value is -2.62. The molecule has 3 aromatic rings. The number of hydrogen-bond acceptors (Lipinski definition) is 7. The van der Waals surface area contributed by atoms with Crippen LogP contribution in [0, 0.1) is 12.7 Å². The molecule has 1 aromatic heterocycles. The molecule has 3 saturated heterocycles. The largest absolute Gasteiger partial charge is 0.485 e. The summed E-state index contributed by atoms with van der Waals surface area (Å²) in [6.45, 7) is 3.06. The van der Waals surface area contributed by atoms with E-state index in [9.17, 15) is 8.60 Å². The van der Waals surface area contributed by atoms with E-state index in [1.807, 2.05) is 19.1 Å². The van der Waals surface area contributed by atoms with Gasteiger partial charge in [-0.25, -0.2) is 18.6 Å². The van der Waals surface area contributed by atoms with Crippen molar-refractivity contribution in [3.8, 4) is 5.75 Å². The van der Waals surface area contributed by atoms with Gasteiger partial charge in [0.05, 0.1) is 39.3 Å². The fraction of sp³-hybridized carbons (Fsp3) is 0.440. The predicted molar refractivity (Wildman–Crippen MR) is 127 cm³/mol. The lowest BCUT2D eigenvalue weighted by Gasteiger charge is -2.20. The maximum absolute atomic E-state index is 14.2. The molecule has 9 heteroatoms. The zero-order valence-electron chi connectivity index (χ0n) is 18.9. The summed E-state index contributed by atoms with van der Waals surface area (Å²) in [6.07, 6.45) is 3.45. The number of aromatic nitrogens is 2. The molecule has 3 aliphatic rings. The van der Waals surface area contributed by atoms with E-state index >= 15 is 0 Å². The van der Waals surface area contributed by atoms with E-state index in [1.165, 1.54) is 18.5 Å². The van der Waals surface area contributed by atoms with Crippen molar-refractivity contribution in [2.75, 3.05) is 24.7 Å². The minimum Gasteiger partial charge on any atom is -0.485 e. The van der Waals surface area contributed by atoms with E-state index in [2.05, 4.69) is 14.3 Å². The third-order valence-electron chi connectivity index (χ3n) is 6.78. The van der Waals surface area contributed by atoms with E-state index in [4.69, 9.17) is 14.2 Å². The van der Waals surface area contributed by atoms with Crippen LogP contribution in [-0.2, 0) is 25.6 Å². The van der Waals surface area contributed by atoms with E-state index in [1.54, 1.807) is 6.07 Å². The quantitative estimate of drug-likeness (QED) is 0.543. The van der Waals surface area contributed by atoms with Gasteiger partial charge in [-0.1, -0.05) is 6.07 Å². The van der Waals surface area contributed by atoms with Crippen LogP contribution in [0.5, 0.6) is 5.75 Å². The molecule has 3 aliphatic heterocycles. The molecule has 0 spiro atoms. The summed E-state index contributed by atoms with van der Waals surface area (Å²) in [5.41, 5.74) is 4.05. The molecule has 178 valence electrons.